The molecule has 124 valence electrons. The first-order valence-corrected chi connectivity index (χ1v) is 7.68. The summed E-state index contributed by atoms with van der Waals surface area (Å²) >= 11 is 5.81. The van der Waals surface area contributed by atoms with Gasteiger partial charge in [-0.15, -0.1) is 0 Å². The standard InChI is InChI=1S/C18H15ClFNO3/c19-14-3-1-2-13(10-14)16(22)8-9-18(24)21-11-17(23)12-4-6-15(20)7-5-12/h1-7,10H,8-9,11H2,(H,21,24). The Morgan fingerprint density at radius 3 is 2.29 bits per heavy atom. The van der Waals surface area contributed by atoms with Gasteiger partial charge < -0.3 is 5.32 Å². The summed E-state index contributed by atoms with van der Waals surface area (Å²) < 4.78 is 12.8. The van der Waals surface area contributed by atoms with Crippen molar-refractivity contribution in [3.8, 4) is 0 Å². The van der Waals surface area contributed by atoms with Gasteiger partial charge in [0.05, 0.1) is 6.54 Å². The van der Waals surface area contributed by atoms with E-state index in [-0.39, 0.29) is 31.0 Å². The zero-order valence-electron chi connectivity index (χ0n) is 12.7. The van der Waals surface area contributed by atoms with Crippen LogP contribution in [0.15, 0.2) is 48.5 Å². The molecule has 0 atom stereocenters. The summed E-state index contributed by atoms with van der Waals surface area (Å²) in [6, 6.07) is 11.6. The largest absolute Gasteiger partial charge is 0.349 e. The lowest BCUT2D eigenvalue weighted by Gasteiger charge is -2.05. The summed E-state index contributed by atoms with van der Waals surface area (Å²) in [4.78, 5) is 35.5. The zero-order valence-corrected chi connectivity index (χ0v) is 13.5. The maximum Gasteiger partial charge on any atom is 0.220 e. The second kappa shape index (κ2) is 8.36. The Balaban J connectivity index is 1.78. The number of hydrogen-bond donors (Lipinski definition) is 1. The monoisotopic (exact) mass is 347 g/mol. The van der Waals surface area contributed by atoms with Crippen molar-refractivity contribution in [1.29, 1.82) is 0 Å². The highest BCUT2D eigenvalue weighted by Gasteiger charge is 2.11. The fourth-order valence-corrected chi connectivity index (χ4v) is 2.23. The van der Waals surface area contributed by atoms with Gasteiger partial charge in [-0.2, -0.15) is 0 Å². The maximum atomic E-state index is 12.8. The number of amides is 1. The fraction of sp³-hybridized carbons (Fsp3) is 0.167. The van der Waals surface area contributed by atoms with Crippen molar-refractivity contribution in [1.82, 2.24) is 5.32 Å². The van der Waals surface area contributed by atoms with Gasteiger partial charge in [0, 0.05) is 29.0 Å². The summed E-state index contributed by atoms with van der Waals surface area (Å²) in [5.41, 5.74) is 0.754. The van der Waals surface area contributed by atoms with Gasteiger partial charge in [-0.05, 0) is 36.4 Å². The highest BCUT2D eigenvalue weighted by Crippen LogP contribution is 2.13. The average molecular weight is 348 g/mol. The molecule has 0 heterocycles. The van der Waals surface area contributed by atoms with Crippen LogP contribution in [0.1, 0.15) is 33.6 Å². The van der Waals surface area contributed by atoms with E-state index < -0.39 is 11.7 Å². The number of carbonyl (C=O) groups excluding carboxylic acids is 3. The minimum absolute atomic E-state index is 0.0247. The Labute approximate surface area is 143 Å². The lowest BCUT2D eigenvalue weighted by atomic mass is 10.1. The molecule has 0 spiro atoms. The predicted octanol–water partition coefficient (Wildman–Crippen LogP) is 3.44. The zero-order chi connectivity index (χ0) is 17.5. The van der Waals surface area contributed by atoms with Crippen LogP contribution in [0.4, 0.5) is 4.39 Å². The first-order chi connectivity index (χ1) is 11.5. The van der Waals surface area contributed by atoms with Crippen LogP contribution < -0.4 is 5.32 Å². The van der Waals surface area contributed by atoms with Crippen LogP contribution >= 0.6 is 11.6 Å². The number of Topliss-reactive ketones (excluding diaryl/α,β-unsaturated/α-hetero) is 2. The van der Waals surface area contributed by atoms with E-state index in [1.165, 1.54) is 24.3 Å². The van der Waals surface area contributed by atoms with Gasteiger partial charge in [0.1, 0.15) is 5.82 Å². The van der Waals surface area contributed by atoms with Crippen LogP contribution in [0.25, 0.3) is 0 Å². The number of nitrogens with one attached hydrogen (secondary N) is 1. The average Bonchev–Trinajstić information content (AvgIpc) is 2.58. The van der Waals surface area contributed by atoms with E-state index >= 15 is 0 Å². The van der Waals surface area contributed by atoms with Crippen molar-refractivity contribution >= 4 is 29.1 Å². The Kier molecular flexibility index (Phi) is 6.21. The minimum Gasteiger partial charge on any atom is -0.349 e. The van der Waals surface area contributed by atoms with Crippen molar-refractivity contribution in [2.24, 2.45) is 0 Å². The van der Waals surface area contributed by atoms with E-state index in [1.807, 2.05) is 0 Å². The van der Waals surface area contributed by atoms with E-state index in [1.54, 1.807) is 24.3 Å². The molecule has 0 bridgehead atoms. The molecule has 2 aromatic carbocycles. The van der Waals surface area contributed by atoms with Crippen LogP contribution in [0.5, 0.6) is 0 Å². The molecule has 0 aliphatic heterocycles. The summed E-state index contributed by atoms with van der Waals surface area (Å²) in [7, 11) is 0. The van der Waals surface area contributed by atoms with Gasteiger partial charge in [-0.3, -0.25) is 14.4 Å². The molecule has 0 aliphatic rings. The molecule has 0 fully saturated rings. The highest BCUT2D eigenvalue weighted by atomic mass is 35.5. The first-order valence-electron chi connectivity index (χ1n) is 7.30. The molecule has 2 rings (SSSR count). The van der Waals surface area contributed by atoms with Crippen LogP contribution in [-0.2, 0) is 4.79 Å². The number of ketones is 2. The minimum atomic E-state index is -0.435. The lowest BCUT2D eigenvalue weighted by Crippen LogP contribution is -2.29. The van der Waals surface area contributed by atoms with E-state index in [0.717, 1.165) is 0 Å². The van der Waals surface area contributed by atoms with Crippen molar-refractivity contribution in [2.45, 2.75) is 12.8 Å². The third-order valence-corrected chi connectivity index (χ3v) is 3.57. The molecule has 1 N–H and O–H groups in total. The number of rotatable bonds is 7. The van der Waals surface area contributed by atoms with E-state index in [0.29, 0.717) is 16.1 Å². The van der Waals surface area contributed by atoms with Gasteiger partial charge >= 0.3 is 0 Å². The topological polar surface area (TPSA) is 63.2 Å². The molecule has 0 saturated carbocycles. The van der Waals surface area contributed by atoms with Crippen molar-refractivity contribution in [2.75, 3.05) is 6.54 Å². The number of halogens is 2. The normalized spacial score (nSPS) is 10.2. The first kappa shape index (κ1) is 17.8. The third-order valence-electron chi connectivity index (χ3n) is 3.34. The van der Waals surface area contributed by atoms with Crippen molar-refractivity contribution in [3.05, 3.63) is 70.5 Å². The molecule has 0 aliphatic carbocycles. The summed E-state index contributed by atoms with van der Waals surface area (Å²) in [6.07, 6.45) is -0.00103. The Hall–Kier alpha value is -2.53. The van der Waals surface area contributed by atoms with Gasteiger partial charge in [-0.1, -0.05) is 23.7 Å². The number of hydrogen-bond acceptors (Lipinski definition) is 3. The van der Waals surface area contributed by atoms with E-state index in [9.17, 15) is 18.8 Å². The van der Waals surface area contributed by atoms with Gasteiger partial charge in [-0.25, -0.2) is 4.39 Å². The quantitative estimate of drug-likeness (QED) is 0.780. The van der Waals surface area contributed by atoms with E-state index in [4.69, 9.17) is 11.6 Å². The summed E-state index contributed by atoms with van der Waals surface area (Å²) in [6.45, 7) is -0.199. The van der Waals surface area contributed by atoms with Crippen molar-refractivity contribution in [3.63, 3.8) is 0 Å². The highest BCUT2D eigenvalue weighted by molar-refractivity contribution is 6.31. The molecule has 24 heavy (non-hydrogen) atoms. The molecule has 0 aromatic heterocycles. The molecule has 2 aromatic rings. The molecular weight excluding hydrogens is 333 g/mol. The third kappa shape index (κ3) is 5.28. The summed E-state index contributed by atoms with van der Waals surface area (Å²) in [5, 5.41) is 2.91. The molecule has 0 radical (unpaired) electrons. The maximum absolute atomic E-state index is 12.8. The second-order valence-electron chi connectivity index (χ2n) is 5.14. The molecule has 0 saturated heterocycles. The summed E-state index contributed by atoms with van der Waals surface area (Å²) in [5.74, 6) is -1.36. The smallest absolute Gasteiger partial charge is 0.220 e. The lowest BCUT2D eigenvalue weighted by molar-refractivity contribution is -0.120. The second-order valence-corrected chi connectivity index (χ2v) is 5.58. The Morgan fingerprint density at radius 2 is 1.62 bits per heavy atom. The fourth-order valence-electron chi connectivity index (χ4n) is 2.04. The van der Waals surface area contributed by atoms with Crippen LogP contribution in [-0.4, -0.2) is 24.0 Å². The molecule has 1 amide bonds. The number of carbonyl (C=O) groups is 3. The molecule has 4 nitrogen and oxygen atoms in total. The van der Waals surface area contributed by atoms with Gasteiger partial charge in [0.25, 0.3) is 0 Å². The van der Waals surface area contributed by atoms with Crippen molar-refractivity contribution < 1.29 is 18.8 Å². The Bertz CT molecular complexity index is 759. The SMILES string of the molecule is O=C(CCC(=O)c1cccc(Cl)c1)NCC(=O)c1ccc(F)cc1. The molecule has 0 unspecified atom stereocenters. The Morgan fingerprint density at radius 1 is 0.917 bits per heavy atom. The molecule has 6 heteroatoms. The number of benzene rings is 2. The van der Waals surface area contributed by atoms with Gasteiger partial charge in [0.2, 0.25) is 5.91 Å². The van der Waals surface area contributed by atoms with Crippen LogP contribution in [0.3, 0.4) is 0 Å². The van der Waals surface area contributed by atoms with E-state index in [2.05, 4.69) is 5.32 Å². The molecular formula is C18H15ClFNO3. The van der Waals surface area contributed by atoms with Gasteiger partial charge in [0.15, 0.2) is 11.6 Å². The van der Waals surface area contributed by atoms with Crippen LogP contribution in [0.2, 0.25) is 5.02 Å². The van der Waals surface area contributed by atoms with Crippen LogP contribution in [0, 0.1) is 5.82 Å². The predicted molar refractivity (Wildman–Crippen MR) is 88.8 cm³/mol.